The van der Waals surface area contributed by atoms with Crippen molar-refractivity contribution >= 4 is 24.2 Å². The summed E-state index contributed by atoms with van der Waals surface area (Å²) >= 11 is 0. The van der Waals surface area contributed by atoms with Gasteiger partial charge in [0.1, 0.15) is 12.2 Å². The first kappa shape index (κ1) is 20.4. The molecule has 0 aromatic carbocycles. The topological polar surface area (TPSA) is 70.5 Å². The maximum Gasteiger partial charge on any atom is 0.274 e. The summed E-state index contributed by atoms with van der Waals surface area (Å²) in [5.74, 6) is -0.257. The van der Waals surface area contributed by atoms with E-state index in [4.69, 9.17) is 0 Å². The van der Waals surface area contributed by atoms with Crippen molar-refractivity contribution in [2.24, 2.45) is 0 Å². The average molecular weight is 358 g/mol. The third-order valence-corrected chi connectivity index (χ3v) is 4.08. The number of halogens is 1. The lowest BCUT2D eigenvalue weighted by Gasteiger charge is -2.24. The second kappa shape index (κ2) is 9.64. The zero-order chi connectivity index (χ0) is 16.8. The van der Waals surface area contributed by atoms with E-state index >= 15 is 0 Å². The van der Waals surface area contributed by atoms with Crippen LogP contribution in [-0.2, 0) is 4.79 Å². The zero-order valence-corrected chi connectivity index (χ0v) is 15.5. The summed E-state index contributed by atoms with van der Waals surface area (Å²) in [6.45, 7) is 4.56. The predicted octanol–water partition coefficient (Wildman–Crippen LogP) is 1.17. The van der Waals surface area contributed by atoms with Crippen LogP contribution in [0, 0.1) is 0 Å². The Hall–Kier alpha value is -1.60. The van der Waals surface area contributed by atoms with E-state index in [9.17, 15) is 9.59 Å². The summed E-state index contributed by atoms with van der Waals surface area (Å²) in [4.78, 5) is 27.6. The fraction of sp³-hybridized carbons (Fsp3) is 0.688. The van der Waals surface area contributed by atoms with Crippen LogP contribution in [0.5, 0.6) is 0 Å². The molecular formula is C16H28ClN5O2. The van der Waals surface area contributed by atoms with Gasteiger partial charge in [0.2, 0.25) is 5.91 Å². The van der Waals surface area contributed by atoms with E-state index in [1.54, 1.807) is 25.1 Å². The van der Waals surface area contributed by atoms with E-state index in [-0.39, 0.29) is 30.8 Å². The number of aromatic nitrogens is 2. The minimum absolute atomic E-state index is 0. The number of hydrogen-bond acceptors (Lipinski definition) is 4. The normalized spacial score (nSPS) is 17.0. The first-order valence-corrected chi connectivity index (χ1v) is 8.28. The molecule has 0 bridgehead atoms. The van der Waals surface area contributed by atoms with Crippen LogP contribution in [0.3, 0.4) is 0 Å². The lowest BCUT2D eigenvalue weighted by Crippen LogP contribution is -2.41. The smallest absolute Gasteiger partial charge is 0.274 e. The highest BCUT2D eigenvalue weighted by molar-refractivity contribution is 5.94. The number of carbonyl (C=O) groups excluding carboxylic acids is 2. The molecule has 0 aliphatic carbocycles. The van der Waals surface area contributed by atoms with Crippen molar-refractivity contribution in [3.63, 3.8) is 0 Å². The maximum atomic E-state index is 12.7. The summed E-state index contributed by atoms with van der Waals surface area (Å²) in [6.07, 6.45) is 4.86. The number of nitrogens with zero attached hydrogens (tertiary/aromatic N) is 4. The van der Waals surface area contributed by atoms with E-state index in [0.29, 0.717) is 18.3 Å². The molecule has 1 atom stereocenters. The highest BCUT2D eigenvalue weighted by atomic mass is 35.5. The summed E-state index contributed by atoms with van der Waals surface area (Å²) < 4.78 is 1.87. The molecule has 24 heavy (non-hydrogen) atoms. The molecule has 7 nitrogen and oxygen atoms in total. The quantitative estimate of drug-likeness (QED) is 0.829. The molecule has 2 rings (SSSR count). The van der Waals surface area contributed by atoms with Gasteiger partial charge >= 0.3 is 0 Å². The number of rotatable bonds is 6. The molecule has 1 aliphatic heterocycles. The Morgan fingerprint density at radius 2 is 2.17 bits per heavy atom. The van der Waals surface area contributed by atoms with Gasteiger partial charge in [0, 0.05) is 33.4 Å². The third kappa shape index (κ3) is 5.21. The minimum atomic E-state index is -0.176. The van der Waals surface area contributed by atoms with Gasteiger partial charge in [0.25, 0.3) is 5.91 Å². The van der Waals surface area contributed by atoms with Crippen LogP contribution < -0.4 is 5.32 Å². The van der Waals surface area contributed by atoms with Crippen LogP contribution in [0.2, 0.25) is 0 Å². The van der Waals surface area contributed by atoms with E-state index in [0.717, 1.165) is 32.4 Å². The SMILES string of the molecule is CCCN(CC(=O)N(C)C)C(=O)c1ccn(C2CCCNC2)n1.Cl. The third-order valence-electron chi connectivity index (χ3n) is 4.08. The molecule has 1 aromatic heterocycles. The molecule has 1 aromatic rings. The molecule has 1 fully saturated rings. The largest absolute Gasteiger partial charge is 0.347 e. The van der Waals surface area contributed by atoms with Crippen molar-refractivity contribution in [1.82, 2.24) is 24.9 Å². The van der Waals surface area contributed by atoms with E-state index in [1.807, 2.05) is 17.8 Å². The second-order valence-electron chi connectivity index (χ2n) is 6.20. The molecule has 2 amide bonds. The lowest BCUT2D eigenvalue weighted by atomic mass is 10.1. The molecule has 0 spiro atoms. The van der Waals surface area contributed by atoms with Gasteiger partial charge in [-0.2, -0.15) is 5.10 Å². The Morgan fingerprint density at radius 1 is 1.42 bits per heavy atom. The average Bonchev–Trinajstić information content (AvgIpc) is 3.04. The Bertz CT molecular complexity index is 540. The van der Waals surface area contributed by atoms with Gasteiger partial charge < -0.3 is 15.1 Å². The molecule has 136 valence electrons. The van der Waals surface area contributed by atoms with Gasteiger partial charge in [0.15, 0.2) is 0 Å². The first-order valence-electron chi connectivity index (χ1n) is 8.28. The van der Waals surface area contributed by atoms with Gasteiger partial charge in [-0.25, -0.2) is 0 Å². The van der Waals surface area contributed by atoms with Crippen molar-refractivity contribution in [2.75, 3.05) is 40.3 Å². The van der Waals surface area contributed by atoms with Crippen LogP contribution in [-0.4, -0.2) is 71.7 Å². The van der Waals surface area contributed by atoms with Crippen LogP contribution in [0.25, 0.3) is 0 Å². The predicted molar refractivity (Wildman–Crippen MR) is 95.5 cm³/mol. The van der Waals surface area contributed by atoms with Gasteiger partial charge in [0.05, 0.1) is 6.04 Å². The Kier molecular flexibility index (Phi) is 8.21. The van der Waals surface area contributed by atoms with Gasteiger partial charge in [-0.15, -0.1) is 12.4 Å². The Labute approximate surface area is 149 Å². The van der Waals surface area contributed by atoms with Crippen molar-refractivity contribution in [1.29, 1.82) is 0 Å². The fourth-order valence-corrected chi connectivity index (χ4v) is 2.70. The number of piperidine rings is 1. The first-order chi connectivity index (χ1) is 11.0. The second-order valence-corrected chi connectivity index (χ2v) is 6.20. The molecule has 2 heterocycles. The zero-order valence-electron chi connectivity index (χ0n) is 14.7. The van der Waals surface area contributed by atoms with Crippen LogP contribution in [0.4, 0.5) is 0 Å². The van der Waals surface area contributed by atoms with Crippen molar-refractivity contribution in [3.8, 4) is 0 Å². The maximum absolute atomic E-state index is 12.7. The molecule has 0 saturated carbocycles. The van der Waals surface area contributed by atoms with Crippen LogP contribution >= 0.6 is 12.4 Å². The van der Waals surface area contributed by atoms with Crippen molar-refractivity contribution < 1.29 is 9.59 Å². The fourth-order valence-electron chi connectivity index (χ4n) is 2.70. The Balaban J connectivity index is 0.00000288. The van der Waals surface area contributed by atoms with Crippen LogP contribution in [0.15, 0.2) is 12.3 Å². The van der Waals surface area contributed by atoms with E-state index < -0.39 is 0 Å². The molecular weight excluding hydrogens is 330 g/mol. The molecule has 0 radical (unpaired) electrons. The van der Waals surface area contributed by atoms with Crippen LogP contribution in [0.1, 0.15) is 42.7 Å². The highest BCUT2D eigenvalue weighted by Gasteiger charge is 2.23. The number of amides is 2. The highest BCUT2D eigenvalue weighted by Crippen LogP contribution is 2.16. The molecule has 1 N–H and O–H groups in total. The van der Waals surface area contributed by atoms with E-state index in [1.165, 1.54) is 4.90 Å². The standard InChI is InChI=1S/C16H27N5O2.ClH/c1-4-9-20(12-15(22)19(2)3)16(23)14-7-10-21(18-14)13-6-5-8-17-11-13;/h7,10,13,17H,4-6,8-9,11-12H2,1-3H3;1H. The summed E-state index contributed by atoms with van der Waals surface area (Å²) in [5.41, 5.74) is 0.413. The molecule has 1 unspecified atom stereocenters. The monoisotopic (exact) mass is 357 g/mol. The van der Waals surface area contributed by atoms with Gasteiger partial charge in [-0.05, 0) is 31.9 Å². The lowest BCUT2D eigenvalue weighted by molar-refractivity contribution is -0.129. The van der Waals surface area contributed by atoms with Crippen molar-refractivity contribution in [3.05, 3.63) is 18.0 Å². The summed E-state index contributed by atoms with van der Waals surface area (Å²) in [6, 6.07) is 2.05. The van der Waals surface area contributed by atoms with Gasteiger partial charge in [-0.1, -0.05) is 6.92 Å². The summed E-state index contributed by atoms with van der Waals surface area (Å²) in [5, 5.41) is 7.80. The molecule has 1 aliphatic rings. The molecule has 8 heteroatoms. The minimum Gasteiger partial charge on any atom is -0.347 e. The summed E-state index contributed by atoms with van der Waals surface area (Å²) in [7, 11) is 3.39. The van der Waals surface area contributed by atoms with Crippen molar-refractivity contribution in [2.45, 2.75) is 32.2 Å². The van der Waals surface area contributed by atoms with Gasteiger partial charge in [-0.3, -0.25) is 14.3 Å². The number of nitrogens with one attached hydrogen (secondary N) is 1. The number of likely N-dealkylation sites (N-methyl/N-ethyl adjacent to an activating group) is 1. The van der Waals surface area contributed by atoms with E-state index in [2.05, 4.69) is 10.4 Å². The Morgan fingerprint density at radius 3 is 2.75 bits per heavy atom. The molecule has 1 saturated heterocycles. The number of hydrogen-bond donors (Lipinski definition) is 1. The number of carbonyl (C=O) groups is 2.